The van der Waals surface area contributed by atoms with Gasteiger partial charge in [0.2, 0.25) is 0 Å². The van der Waals surface area contributed by atoms with Gasteiger partial charge in [0.05, 0.1) is 0 Å². The minimum absolute atomic E-state index is 0.781. The fraction of sp³-hybridized carbons (Fsp3) is 0.0833. The zero-order chi connectivity index (χ0) is 10.5. The summed E-state index contributed by atoms with van der Waals surface area (Å²) in [6.07, 6.45) is 5.90. The van der Waals surface area contributed by atoms with Gasteiger partial charge in [-0.1, -0.05) is 41.6 Å². The van der Waals surface area contributed by atoms with Gasteiger partial charge in [-0.25, -0.2) is 0 Å². The molecule has 0 radical (unpaired) electrons. The number of benzene rings is 1. The van der Waals surface area contributed by atoms with Crippen LogP contribution >= 0.6 is 11.8 Å². The highest BCUT2D eigenvalue weighted by molar-refractivity contribution is 7.98. The van der Waals surface area contributed by atoms with Crippen LogP contribution in [0.5, 0.6) is 0 Å². The molecule has 0 amide bonds. The first-order chi connectivity index (χ1) is 7.38. The molecule has 3 heteroatoms. The number of rotatable bonds is 3. The Morgan fingerprint density at radius 3 is 2.67 bits per heavy atom. The molecule has 0 aliphatic heterocycles. The molecule has 0 atom stereocenters. The Morgan fingerprint density at radius 1 is 1.20 bits per heavy atom. The van der Waals surface area contributed by atoms with Gasteiger partial charge in [-0.3, -0.25) is 0 Å². The Morgan fingerprint density at radius 2 is 2.00 bits per heavy atom. The van der Waals surface area contributed by atoms with Crippen molar-refractivity contribution < 1.29 is 4.52 Å². The maximum atomic E-state index is 5.12. The first kappa shape index (κ1) is 10.1. The van der Waals surface area contributed by atoms with Gasteiger partial charge in [0, 0.05) is 6.07 Å². The van der Waals surface area contributed by atoms with E-state index in [1.54, 1.807) is 11.8 Å². The van der Waals surface area contributed by atoms with Crippen molar-refractivity contribution >= 4 is 23.9 Å². The molecule has 0 N–H and O–H groups in total. The highest BCUT2D eigenvalue weighted by Crippen LogP contribution is 2.16. The lowest BCUT2D eigenvalue weighted by Crippen LogP contribution is -1.68. The van der Waals surface area contributed by atoms with Gasteiger partial charge in [0.15, 0.2) is 5.76 Å². The maximum Gasteiger partial charge on any atom is 0.160 e. The van der Waals surface area contributed by atoms with Gasteiger partial charge in [-0.05, 0) is 17.9 Å². The van der Waals surface area contributed by atoms with Crippen LogP contribution in [0, 0.1) is 0 Å². The van der Waals surface area contributed by atoms with Gasteiger partial charge in [0.25, 0.3) is 0 Å². The van der Waals surface area contributed by atoms with Gasteiger partial charge in [-0.2, -0.15) is 0 Å². The number of aromatic nitrogens is 1. The van der Waals surface area contributed by atoms with Crippen LogP contribution in [0.25, 0.3) is 12.2 Å². The van der Waals surface area contributed by atoms with E-state index in [2.05, 4.69) is 5.16 Å². The van der Waals surface area contributed by atoms with E-state index < -0.39 is 0 Å². The van der Waals surface area contributed by atoms with Crippen molar-refractivity contribution in [1.82, 2.24) is 5.16 Å². The predicted octanol–water partition coefficient (Wildman–Crippen LogP) is 3.57. The Balaban J connectivity index is 2.11. The van der Waals surface area contributed by atoms with Crippen LogP contribution < -0.4 is 0 Å². The molecule has 0 aliphatic carbocycles. The molecule has 0 aliphatic rings. The molecule has 0 fully saturated rings. The van der Waals surface area contributed by atoms with Gasteiger partial charge >= 0.3 is 0 Å². The summed E-state index contributed by atoms with van der Waals surface area (Å²) in [6.45, 7) is 0. The molecule has 0 saturated heterocycles. The topological polar surface area (TPSA) is 26.0 Å². The summed E-state index contributed by atoms with van der Waals surface area (Å²) in [4.78, 5) is 0. The minimum atomic E-state index is 0.781. The van der Waals surface area contributed by atoms with E-state index in [0.29, 0.717) is 0 Å². The second-order valence-electron chi connectivity index (χ2n) is 3.02. The Labute approximate surface area is 93.0 Å². The van der Waals surface area contributed by atoms with Crippen LogP contribution in [0.2, 0.25) is 0 Å². The van der Waals surface area contributed by atoms with Crippen molar-refractivity contribution in [3.8, 4) is 0 Å². The van der Waals surface area contributed by atoms with E-state index in [0.717, 1.165) is 16.3 Å². The van der Waals surface area contributed by atoms with Crippen molar-refractivity contribution in [2.75, 3.05) is 6.26 Å². The molecule has 0 bridgehead atoms. The Kier molecular flexibility index (Phi) is 3.25. The molecule has 2 rings (SSSR count). The summed E-state index contributed by atoms with van der Waals surface area (Å²) in [5, 5.41) is 4.79. The highest BCUT2D eigenvalue weighted by Gasteiger charge is 1.98. The minimum Gasteiger partial charge on any atom is -0.356 e. The maximum absolute atomic E-state index is 5.12. The molecular weight excluding hydrogens is 206 g/mol. The lowest BCUT2D eigenvalue weighted by atomic mass is 10.2. The van der Waals surface area contributed by atoms with Crippen LogP contribution in [0.1, 0.15) is 11.3 Å². The number of thioether (sulfide) groups is 1. The van der Waals surface area contributed by atoms with Crippen molar-refractivity contribution in [2.24, 2.45) is 0 Å². The molecule has 0 saturated carbocycles. The molecule has 2 nitrogen and oxygen atoms in total. The fourth-order valence-electron chi connectivity index (χ4n) is 1.19. The van der Waals surface area contributed by atoms with Gasteiger partial charge in [0.1, 0.15) is 5.03 Å². The molecular formula is C12H11NOS. The van der Waals surface area contributed by atoms with E-state index >= 15 is 0 Å². The molecule has 0 spiro atoms. The van der Waals surface area contributed by atoms with Crippen molar-refractivity contribution in [1.29, 1.82) is 0 Å². The monoisotopic (exact) mass is 217 g/mol. The second kappa shape index (κ2) is 4.84. The van der Waals surface area contributed by atoms with E-state index in [4.69, 9.17) is 4.52 Å². The van der Waals surface area contributed by atoms with Crippen LogP contribution in [-0.4, -0.2) is 11.4 Å². The second-order valence-corrected chi connectivity index (χ2v) is 3.84. The van der Waals surface area contributed by atoms with Crippen LogP contribution in [0.3, 0.4) is 0 Å². The third-order valence-electron chi connectivity index (χ3n) is 1.96. The van der Waals surface area contributed by atoms with E-state index in [9.17, 15) is 0 Å². The molecule has 1 aromatic heterocycles. The Bertz CT molecular complexity index is 448. The summed E-state index contributed by atoms with van der Waals surface area (Å²) in [6, 6.07) is 12.0. The smallest absolute Gasteiger partial charge is 0.160 e. The lowest BCUT2D eigenvalue weighted by Gasteiger charge is -1.88. The molecule has 1 aromatic carbocycles. The third kappa shape index (κ3) is 2.73. The summed E-state index contributed by atoms with van der Waals surface area (Å²) in [7, 11) is 0. The largest absolute Gasteiger partial charge is 0.356 e. The third-order valence-corrected chi connectivity index (χ3v) is 2.57. The number of nitrogens with zero attached hydrogens (tertiary/aromatic N) is 1. The molecule has 76 valence electrons. The highest BCUT2D eigenvalue weighted by atomic mass is 32.2. The average Bonchev–Trinajstić information content (AvgIpc) is 2.76. The lowest BCUT2D eigenvalue weighted by molar-refractivity contribution is 0.398. The molecule has 1 heterocycles. The van der Waals surface area contributed by atoms with E-state index in [1.807, 2.05) is 54.8 Å². The fourth-order valence-corrected chi connectivity index (χ4v) is 1.54. The van der Waals surface area contributed by atoms with Crippen LogP contribution in [0.4, 0.5) is 0 Å². The van der Waals surface area contributed by atoms with Crippen molar-refractivity contribution in [3.63, 3.8) is 0 Å². The average molecular weight is 217 g/mol. The summed E-state index contributed by atoms with van der Waals surface area (Å²) in [5.41, 5.74) is 1.15. The quantitative estimate of drug-likeness (QED) is 0.735. The van der Waals surface area contributed by atoms with E-state index in [1.165, 1.54) is 0 Å². The molecule has 0 unspecified atom stereocenters. The zero-order valence-corrected chi connectivity index (χ0v) is 9.20. The number of hydrogen-bond acceptors (Lipinski definition) is 3. The molecule has 15 heavy (non-hydrogen) atoms. The van der Waals surface area contributed by atoms with Gasteiger partial charge < -0.3 is 4.52 Å². The predicted molar refractivity (Wildman–Crippen MR) is 63.7 cm³/mol. The first-order valence-corrected chi connectivity index (χ1v) is 5.85. The SMILES string of the molecule is CSc1cc(/C=C/c2ccccc2)on1. The standard InChI is InChI=1S/C12H11NOS/c1-15-12-9-11(14-13-12)8-7-10-5-3-2-4-6-10/h2-9H,1H3/b8-7+. The van der Waals surface area contributed by atoms with Crippen molar-refractivity contribution in [2.45, 2.75) is 5.03 Å². The van der Waals surface area contributed by atoms with E-state index in [-0.39, 0.29) is 0 Å². The van der Waals surface area contributed by atoms with Crippen molar-refractivity contribution in [3.05, 3.63) is 47.7 Å². The summed E-state index contributed by atoms with van der Waals surface area (Å²) >= 11 is 1.57. The van der Waals surface area contributed by atoms with Crippen LogP contribution in [-0.2, 0) is 0 Å². The van der Waals surface area contributed by atoms with Crippen LogP contribution in [0.15, 0.2) is 45.9 Å². The molecule has 2 aromatic rings. The number of hydrogen-bond donors (Lipinski definition) is 0. The normalized spacial score (nSPS) is 11.0. The zero-order valence-electron chi connectivity index (χ0n) is 8.38. The summed E-state index contributed by atoms with van der Waals surface area (Å²) < 4.78 is 5.12. The summed E-state index contributed by atoms with van der Waals surface area (Å²) in [5.74, 6) is 0.781. The van der Waals surface area contributed by atoms with Gasteiger partial charge in [-0.15, -0.1) is 11.8 Å². The first-order valence-electron chi connectivity index (χ1n) is 4.62. The Hall–Kier alpha value is -1.48.